The van der Waals surface area contributed by atoms with E-state index in [0.717, 1.165) is 36.6 Å². The van der Waals surface area contributed by atoms with Gasteiger partial charge in [0.15, 0.2) is 0 Å². The predicted octanol–water partition coefficient (Wildman–Crippen LogP) is 4.54. The predicted molar refractivity (Wildman–Crippen MR) is 100 cm³/mol. The highest BCUT2D eigenvalue weighted by molar-refractivity contribution is 5.78. The second-order valence-corrected chi connectivity index (χ2v) is 8.33. The molecule has 3 heterocycles. The Morgan fingerprint density at radius 1 is 1.08 bits per heavy atom. The number of rotatable bonds is 2. The Labute approximate surface area is 154 Å². The molecular weight excluding hydrogens is 328 g/mol. The van der Waals surface area contributed by atoms with E-state index in [0.29, 0.717) is 5.88 Å². The van der Waals surface area contributed by atoms with Crippen LogP contribution >= 0.6 is 0 Å². The van der Waals surface area contributed by atoms with Crippen LogP contribution in [0.5, 0.6) is 5.88 Å². The van der Waals surface area contributed by atoms with Gasteiger partial charge in [-0.2, -0.15) is 0 Å². The van der Waals surface area contributed by atoms with Crippen molar-refractivity contribution in [2.75, 3.05) is 0 Å². The van der Waals surface area contributed by atoms with Gasteiger partial charge in [0.2, 0.25) is 5.88 Å². The third-order valence-corrected chi connectivity index (χ3v) is 5.15. The van der Waals surface area contributed by atoms with Crippen LogP contribution < -0.4 is 4.74 Å². The first-order valence-corrected chi connectivity index (χ1v) is 9.43. The molecule has 2 aromatic rings. The summed E-state index contributed by atoms with van der Waals surface area (Å²) in [6.45, 7) is 5.73. The molecule has 4 rings (SSSR count). The number of nitrogens with zero attached hydrogens (tertiary/aromatic N) is 2. The zero-order valence-electron chi connectivity index (χ0n) is 15.6. The molecule has 1 aromatic carbocycles. The second kappa shape index (κ2) is 6.45. The molecule has 2 aliphatic heterocycles. The molecular formula is C21H26N2O3. The average Bonchev–Trinajstić information content (AvgIpc) is 2.85. The van der Waals surface area contributed by atoms with Gasteiger partial charge in [-0.3, -0.25) is 0 Å². The number of pyridine rings is 1. The van der Waals surface area contributed by atoms with Crippen molar-refractivity contribution in [1.29, 1.82) is 0 Å². The van der Waals surface area contributed by atoms with Gasteiger partial charge in [0.25, 0.3) is 0 Å². The number of ether oxygens (including phenoxy) is 2. The fraction of sp³-hybridized carbons (Fsp3) is 0.524. The summed E-state index contributed by atoms with van der Waals surface area (Å²) < 4.78 is 11.8. The van der Waals surface area contributed by atoms with E-state index in [4.69, 9.17) is 9.47 Å². The van der Waals surface area contributed by atoms with Crippen LogP contribution in [0.4, 0.5) is 4.79 Å². The van der Waals surface area contributed by atoms with Crippen LogP contribution in [0.2, 0.25) is 0 Å². The zero-order valence-corrected chi connectivity index (χ0v) is 15.6. The topological polar surface area (TPSA) is 51.7 Å². The van der Waals surface area contributed by atoms with Crippen molar-refractivity contribution in [2.24, 2.45) is 0 Å². The molecule has 0 aliphatic carbocycles. The quantitative estimate of drug-likeness (QED) is 0.794. The fourth-order valence-electron chi connectivity index (χ4n) is 4.12. The van der Waals surface area contributed by atoms with E-state index in [1.165, 1.54) is 0 Å². The van der Waals surface area contributed by atoms with Crippen molar-refractivity contribution in [3.8, 4) is 5.88 Å². The summed E-state index contributed by atoms with van der Waals surface area (Å²) in [6.07, 6.45) is 3.63. The molecule has 5 nitrogen and oxygen atoms in total. The third kappa shape index (κ3) is 3.48. The molecule has 2 bridgehead atoms. The van der Waals surface area contributed by atoms with Gasteiger partial charge in [-0.15, -0.1) is 0 Å². The molecule has 138 valence electrons. The number of benzene rings is 1. The average molecular weight is 354 g/mol. The van der Waals surface area contributed by atoms with E-state index >= 15 is 0 Å². The molecule has 2 fully saturated rings. The lowest BCUT2D eigenvalue weighted by atomic mass is 10.0. The van der Waals surface area contributed by atoms with E-state index < -0.39 is 5.60 Å². The molecule has 1 aromatic heterocycles. The number of hydrogen-bond donors (Lipinski definition) is 0. The van der Waals surface area contributed by atoms with Crippen LogP contribution in [-0.2, 0) is 4.74 Å². The summed E-state index contributed by atoms with van der Waals surface area (Å²) in [4.78, 5) is 19.1. The van der Waals surface area contributed by atoms with Crippen molar-refractivity contribution < 1.29 is 14.3 Å². The highest BCUT2D eigenvalue weighted by Gasteiger charge is 2.45. The first-order chi connectivity index (χ1) is 12.4. The van der Waals surface area contributed by atoms with Crippen molar-refractivity contribution >= 4 is 17.0 Å². The molecule has 5 heteroatoms. The van der Waals surface area contributed by atoms with Gasteiger partial charge in [-0.1, -0.05) is 18.2 Å². The maximum absolute atomic E-state index is 12.5. The van der Waals surface area contributed by atoms with Crippen molar-refractivity contribution in [3.05, 3.63) is 36.4 Å². The summed E-state index contributed by atoms with van der Waals surface area (Å²) in [5, 5.41) is 1.11. The maximum Gasteiger partial charge on any atom is 0.410 e. The Morgan fingerprint density at radius 2 is 1.77 bits per heavy atom. The van der Waals surface area contributed by atoms with Gasteiger partial charge in [0.1, 0.15) is 11.7 Å². The van der Waals surface area contributed by atoms with Gasteiger partial charge in [0, 0.05) is 36.4 Å². The minimum atomic E-state index is -0.459. The highest BCUT2D eigenvalue weighted by atomic mass is 16.6. The highest BCUT2D eigenvalue weighted by Crippen LogP contribution is 2.38. The lowest BCUT2D eigenvalue weighted by Crippen LogP contribution is -2.50. The van der Waals surface area contributed by atoms with Crippen LogP contribution in [0.3, 0.4) is 0 Å². The number of amides is 1. The SMILES string of the molecule is CC(C)(C)OC(=O)N1[C@@H]2CC[C@H]1CC(Oc1ccc3ccccc3n1)C2. The Balaban J connectivity index is 1.44. The molecule has 0 radical (unpaired) electrons. The Hall–Kier alpha value is -2.30. The van der Waals surface area contributed by atoms with E-state index in [9.17, 15) is 4.79 Å². The van der Waals surface area contributed by atoms with E-state index in [2.05, 4.69) is 4.98 Å². The minimum absolute atomic E-state index is 0.0971. The standard InChI is InChI=1S/C21H26N2O3/c1-21(2,3)26-20(24)23-15-9-10-16(23)13-17(12-15)25-19-11-8-14-6-4-5-7-18(14)22-19/h4-8,11,15-17H,9-10,12-13H2,1-3H3/t15-,16+,17?. The number of hydrogen-bond acceptors (Lipinski definition) is 4. The van der Waals surface area contributed by atoms with E-state index in [1.807, 2.05) is 62.1 Å². The van der Waals surface area contributed by atoms with Crippen LogP contribution in [0, 0.1) is 0 Å². The number of carbonyl (C=O) groups is 1. The minimum Gasteiger partial charge on any atom is -0.474 e. The number of fused-ring (bicyclic) bond motifs is 3. The molecule has 1 amide bonds. The summed E-state index contributed by atoms with van der Waals surface area (Å²) in [5.41, 5.74) is 0.484. The van der Waals surface area contributed by atoms with Crippen molar-refractivity contribution in [2.45, 2.75) is 70.2 Å². The molecule has 2 aliphatic rings. The smallest absolute Gasteiger partial charge is 0.410 e. The van der Waals surface area contributed by atoms with E-state index in [-0.39, 0.29) is 24.3 Å². The summed E-state index contributed by atoms with van der Waals surface area (Å²) in [6, 6.07) is 12.4. The molecule has 3 atom stereocenters. The number of para-hydroxylation sites is 1. The summed E-state index contributed by atoms with van der Waals surface area (Å²) >= 11 is 0. The lowest BCUT2D eigenvalue weighted by molar-refractivity contribution is -0.00755. The Morgan fingerprint density at radius 3 is 2.46 bits per heavy atom. The molecule has 1 unspecified atom stereocenters. The number of aromatic nitrogens is 1. The molecule has 0 N–H and O–H groups in total. The maximum atomic E-state index is 12.5. The van der Waals surface area contributed by atoms with Gasteiger partial charge in [-0.05, 0) is 45.7 Å². The van der Waals surface area contributed by atoms with Crippen LogP contribution in [0.25, 0.3) is 10.9 Å². The van der Waals surface area contributed by atoms with Gasteiger partial charge in [0.05, 0.1) is 5.52 Å². The van der Waals surface area contributed by atoms with Gasteiger partial charge < -0.3 is 14.4 Å². The lowest BCUT2D eigenvalue weighted by Gasteiger charge is -2.39. The normalized spacial score (nSPS) is 25.3. The monoisotopic (exact) mass is 354 g/mol. The van der Waals surface area contributed by atoms with Gasteiger partial charge >= 0.3 is 6.09 Å². The van der Waals surface area contributed by atoms with Crippen LogP contribution in [0.1, 0.15) is 46.5 Å². The fourth-order valence-corrected chi connectivity index (χ4v) is 4.12. The summed E-state index contributed by atoms with van der Waals surface area (Å²) in [5.74, 6) is 0.666. The molecule has 2 saturated heterocycles. The van der Waals surface area contributed by atoms with Crippen molar-refractivity contribution in [3.63, 3.8) is 0 Å². The third-order valence-electron chi connectivity index (χ3n) is 5.15. The largest absolute Gasteiger partial charge is 0.474 e. The number of piperidine rings is 1. The summed E-state index contributed by atoms with van der Waals surface area (Å²) in [7, 11) is 0. The molecule has 0 saturated carbocycles. The molecule has 26 heavy (non-hydrogen) atoms. The van der Waals surface area contributed by atoms with Crippen LogP contribution in [0.15, 0.2) is 36.4 Å². The first kappa shape index (κ1) is 17.1. The zero-order chi connectivity index (χ0) is 18.3. The van der Waals surface area contributed by atoms with Gasteiger partial charge in [-0.25, -0.2) is 9.78 Å². The Kier molecular flexibility index (Phi) is 4.25. The Bertz CT molecular complexity index is 800. The van der Waals surface area contributed by atoms with Crippen LogP contribution in [-0.4, -0.2) is 39.8 Å². The second-order valence-electron chi connectivity index (χ2n) is 8.33. The number of carbonyl (C=O) groups excluding carboxylic acids is 1. The van der Waals surface area contributed by atoms with Crippen molar-refractivity contribution in [1.82, 2.24) is 9.88 Å². The molecule has 0 spiro atoms. The first-order valence-electron chi connectivity index (χ1n) is 9.43. The van der Waals surface area contributed by atoms with E-state index in [1.54, 1.807) is 0 Å².